The molecule has 0 unspecified atom stereocenters. The molecular weight excluding hydrogens is 210 g/mol. The standard InChI is InChI=1S/C4H3AsCl2O/c6-5(7)4-2-1-3-8-4/h1-3H. The van der Waals surface area contributed by atoms with E-state index in [2.05, 4.69) is 0 Å². The minimum absolute atomic E-state index is 0.737. The van der Waals surface area contributed by atoms with Gasteiger partial charge in [0.15, 0.2) is 0 Å². The Labute approximate surface area is 60.2 Å². The van der Waals surface area contributed by atoms with E-state index >= 15 is 0 Å². The zero-order valence-corrected chi connectivity index (χ0v) is 7.23. The van der Waals surface area contributed by atoms with Gasteiger partial charge in [0.25, 0.3) is 0 Å². The van der Waals surface area contributed by atoms with Gasteiger partial charge >= 0.3 is 60.0 Å². The molecule has 1 aromatic heterocycles. The Kier molecular flexibility index (Phi) is 2.30. The van der Waals surface area contributed by atoms with Crippen LogP contribution in [0.3, 0.4) is 0 Å². The summed E-state index contributed by atoms with van der Waals surface area (Å²) < 4.78 is 5.63. The van der Waals surface area contributed by atoms with Crippen molar-refractivity contribution in [2.75, 3.05) is 0 Å². The van der Waals surface area contributed by atoms with E-state index in [1.165, 1.54) is 0 Å². The van der Waals surface area contributed by atoms with Gasteiger partial charge in [-0.25, -0.2) is 0 Å². The van der Waals surface area contributed by atoms with E-state index in [4.69, 9.17) is 24.3 Å². The van der Waals surface area contributed by atoms with Gasteiger partial charge in [0.2, 0.25) is 0 Å². The summed E-state index contributed by atoms with van der Waals surface area (Å²) in [5.74, 6) is 0. The molecule has 0 fully saturated rings. The average Bonchev–Trinajstić information content (AvgIpc) is 2.12. The molecular formula is C4H3AsCl2O. The predicted molar refractivity (Wildman–Crippen MR) is 35.8 cm³/mol. The minimum atomic E-state index is -1.76. The molecule has 0 aliphatic carbocycles. The number of halogens is 2. The molecule has 0 aliphatic rings. The van der Waals surface area contributed by atoms with Crippen molar-refractivity contribution in [1.29, 1.82) is 0 Å². The Bertz CT molecular complexity index is 149. The zero-order chi connectivity index (χ0) is 5.98. The van der Waals surface area contributed by atoms with Crippen LogP contribution in [0.15, 0.2) is 22.8 Å². The second-order valence-electron chi connectivity index (χ2n) is 1.18. The second-order valence-corrected chi connectivity index (χ2v) is 7.50. The van der Waals surface area contributed by atoms with Gasteiger partial charge < -0.3 is 0 Å². The van der Waals surface area contributed by atoms with Crippen molar-refractivity contribution >= 4 is 37.2 Å². The van der Waals surface area contributed by atoms with Gasteiger partial charge in [-0.2, -0.15) is 0 Å². The average molecular weight is 213 g/mol. The Morgan fingerprint density at radius 2 is 2.25 bits per heavy atom. The summed E-state index contributed by atoms with van der Waals surface area (Å²) in [5.41, 5.74) is 0. The number of rotatable bonds is 1. The van der Waals surface area contributed by atoms with E-state index in [1.54, 1.807) is 18.4 Å². The van der Waals surface area contributed by atoms with Gasteiger partial charge in [-0.1, -0.05) is 0 Å². The van der Waals surface area contributed by atoms with Crippen LogP contribution >= 0.6 is 19.9 Å². The fourth-order valence-electron chi connectivity index (χ4n) is 0.366. The van der Waals surface area contributed by atoms with Crippen LogP contribution in [-0.2, 0) is 0 Å². The van der Waals surface area contributed by atoms with Gasteiger partial charge in [-0.3, -0.25) is 0 Å². The summed E-state index contributed by atoms with van der Waals surface area (Å²) in [6.45, 7) is 0. The normalized spacial score (nSPS) is 10.4. The molecule has 8 heavy (non-hydrogen) atoms. The summed E-state index contributed by atoms with van der Waals surface area (Å²) in [6.07, 6.45) is 1.57. The van der Waals surface area contributed by atoms with Crippen LogP contribution in [0.5, 0.6) is 0 Å². The fraction of sp³-hybridized carbons (Fsp3) is 0. The van der Waals surface area contributed by atoms with Crippen molar-refractivity contribution in [2.45, 2.75) is 0 Å². The summed E-state index contributed by atoms with van der Waals surface area (Å²) >= 11 is -1.76. The monoisotopic (exact) mass is 212 g/mol. The Balaban J connectivity index is 2.77. The number of furan rings is 1. The van der Waals surface area contributed by atoms with E-state index < -0.39 is 12.8 Å². The summed E-state index contributed by atoms with van der Waals surface area (Å²) in [5, 5.41) is 0. The second kappa shape index (κ2) is 2.82. The third-order valence-corrected chi connectivity index (χ3v) is 3.64. The maximum atomic E-state index is 5.56. The molecule has 0 saturated carbocycles. The van der Waals surface area contributed by atoms with Crippen molar-refractivity contribution in [1.82, 2.24) is 0 Å². The first-order chi connectivity index (χ1) is 3.80. The topological polar surface area (TPSA) is 13.1 Å². The van der Waals surface area contributed by atoms with Crippen molar-refractivity contribution in [3.8, 4) is 0 Å². The van der Waals surface area contributed by atoms with Gasteiger partial charge in [-0.15, -0.1) is 0 Å². The quantitative estimate of drug-likeness (QED) is 0.643. The molecule has 1 rings (SSSR count). The van der Waals surface area contributed by atoms with Crippen LogP contribution in [0.2, 0.25) is 0 Å². The molecule has 44 valence electrons. The first-order valence-electron chi connectivity index (χ1n) is 1.96. The number of hydrogen-bond acceptors (Lipinski definition) is 1. The first-order valence-corrected chi connectivity index (χ1v) is 7.83. The fourth-order valence-corrected chi connectivity index (χ4v) is 2.08. The zero-order valence-electron chi connectivity index (χ0n) is 3.84. The van der Waals surface area contributed by atoms with Crippen LogP contribution in [0.25, 0.3) is 0 Å². The number of hydrogen-bond donors (Lipinski definition) is 0. The van der Waals surface area contributed by atoms with Gasteiger partial charge in [-0.05, 0) is 0 Å². The molecule has 1 aromatic rings. The third-order valence-electron chi connectivity index (χ3n) is 0.673. The molecule has 4 heteroatoms. The van der Waals surface area contributed by atoms with Crippen molar-refractivity contribution in [3.05, 3.63) is 18.4 Å². The van der Waals surface area contributed by atoms with E-state index in [9.17, 15) is 0 Å². The molecule has 0 aliphatic heterocycles. The van der Waals surface area contributed by atoms with E-state index in [0.29, 0.717) is 0 Å². The van der Waals surface area contributed by atoms with Gasteiger partial charge in [0.05, 0.1) is 0 Å². The van der Waals surface area contributed by atoms with E-state index in [-0.39, 0.29) is 0 Å². The van der Waals surface area contributed by atoms with E-state index in [1.807, 2.05) is 0 Å². The molecule has 1 nitrogen and oxygen atoms in total. The molecule has 0 atom stereocenters. The Morgan fingerprint density at radius 3 is 2.50 bits per heavy atom. The summed E-state index contributed by atoms with van der Waals surface area (Å²) in [4.78, 5) is 0. The van der Waals surface area contributed by atoms with Crippen LogP contribution < -0.4 is 4.55 Å². The Hall–Kier alpha value is 0.418. The van der Waals surface area contributed by atoms with Crippen LogP contribution in [0.4, 0.5) is 0 Å². The summed E-state index contributed by atoms with van der Waals surface area (Å²) in [6, 6.07) is 3.57. The third kappa shape index (κ3) is 1.45. The van der Waals surface area contributed by atoms with Crippen molar-refractivity contribution < 1.29 is 4.42 Å². The van der Waals surface area contributed by atoms with Crippen LogP contribution in [0.1, 0.15) is 0 Å². The van der Waals surface area contributed by atoms with Gasteiger partial charge in [0, 0.05) is 0 Å². The van der Waals surface area contributed by atoms with Gasteiger partial charge in [0.1, 0.15) is 0 Å². The van der Waals surface area contributed by atoms with Crippen molar-refractivity contribution in [3.63, 3.8) is 0 Å². The molecule has 0 N–H and O–H groups in total. The molecule has 0 aromatic carbocycles. The maximum absolute atomic E-state index is 5.56. The predicted octanol–water partition coefficient (Wildman–Crippen LogP) is 1.45. The molecule has 1 heterocycles. The molecule has 0 radical (unpaired) electrons. The Morgan fingerprint density at radius 1 is 1.50 bits per heavy atom. The van der Waals surface area contributed by atoms with E-state index in [0.717, 1.165) is 4.55 Å². The van der Waals surface area contributed by atoms with Crippen molar-refractivity contribution in [2.24, 2.45) is 0 Å². The first kappa shape index (κ1) is 6.54. The molecule has 0 bridgehead atoms. The molecule has 0 saturated heterocycles. The molecule has 0 amide bonds. The molecule has 0 spiro atoms. The SMILES string of the molecule is Cl[As](Cl)c1ccco1. The summed E-state index contributed by atoms with van der Waals surface area (Å²) in [7, 11) is 11.1. The van der Waals surface area contributed by atoms with Crippen LogP contribution in [-0.4, -0.2) is 12.8 Å². The van der Waals surface area contributed by atoms with Crippen LogP contribution in [0, 0.1) is 0 Å².